The van der Waals surface area contributed by atoms with E-state index >= 15 is 0 Å². The molecule has 2 nitrogen and oxygen atoms in total. The van der Waals surface area contributed by atoms with Crippen LogP contribution in [0.4, 0.5) is 0 Å². The second-order valence-corrected chi connectivity index (χ2v) is 10.1. The molecule has 6 rings (SSSR count). The summed E-state index contributed by atoms with van der Waals surface area (Å²) in [6.45, 7) is 0. The quantitative estimate of drug-likeness (QED) is 0.307. The van der Waals surface area contributed by atoms with E-state index < -0.39 is 0 Å². The minimum atomic E-state index is 0.160. The lowest BCUT2D eigenvalue weighted by Crippen LogP contribution is -2.15. The maximum atomic E-state index is 6.21. The van der Waals surface area contributed by atoms with Gasteiger partial charge in [0.05, 0.1) is 3.57 Å². The molecule has 1 aromatic heterocycles. The van der Waals surface area contributed by atoms with E-state index in [1.165, 1.54) is 30.7 Å². The monoisotopic (exact) mass is 496 g/mol. The van der Waals surface area contributed by atoms with Gasteiger partial charge in [0.25, 0.3) is 0 Å². The largest absolute Gasteiger partial charge is 0.485 e. The van der Waals surface area contributed by atoms with Crippen LogP contribution in [0.25, 0.3) is 17.0 Å². The minimum absolute atomic E-state index is 0.160. The molecule has 0 radical (unpaired) electrons. The summed E-state index contributed by atoms with van der Waals surface area (Å²) in [7, 11) is 0.658. The van der Waals surface area contributed by atoms with Gasteiger partial charge in [0.15, 0.2) is 0 Å². The summed E-state index contributed by atoms with van der Waals surface area (Å²) in [5.74, 6) is 2.46. The van der Waals surface area contributed by atoms with Crippen LogP contribution in [0.1, 0.15) is 29.2 Å². The fourth-order valence-electron chi connectivity index (χ4n) is 4.42. The van der Waals surface area contributed by atoms with Gasteiger partial charge in [0.2, 0.25) is 0 Å². The van der Waals surface area contributed by atoms with E-state index in [-0.39, 0.29) is 6.10 Å². The van der Waals surface area contributed by atoms with Crippen LogP contribution in [-0.4, -0.2) is 6.10 Å². The summed E-state index contributed by atoms with van der Waals surface area (Å²) in [5.41, 5.74) is 3.71. The Morgan fingerprint density at radius 3 is 2.93 bits per heavy atom. The number of rotatable bonds is 2. The van der Waals surface area contributed by atoms with Crippen LogP contribution in [-0.2, 0) is 6.42 Å². The molecule has 0 fully saturated rings. The van der Waals surface area contributed by atoms with Crippen molar-refractivity contribution in [2.24, 2.45) is 0 Å². The van der Waals surface area contributed by atoms with Crippen molar-refractivity contribution in [3.05, 3.63) is 86.5 Å². The third-order valence-electron chi connectivity index (χ3n) is 5.78. The summed E-state index contributed by atoms with van der Waals surface area (Å²) in [5, 5.41) is 4.07. The van der Waals surface area contributed by atoms with Crippen molar-refractivity contribution < 1.29 is 9.15 Å². The highest BCUT2D eigenvalue weighted by atomic mass is 127. The molecule has 0 saturated heterocycles. The van der Waals surface area contributed by atoms with E-state index in [0.29, 0.717) is 14.5 Å². The molecular formula is C24H18IO2P. The van der Waals surface area contributed by atoms with Crippen molar-refractivity contribution >= 4 is 53.5 Å². The maximum Gasteiger partial charge on any atom is 0.148 e. The van der Waals surface area contributed by atoms with Crippen LogP contribution in [0.3, 0.4) is 0 Å². The van der Waals surface area contributed by atoms with Crippen LogP contribution in [0, 0.1) is 3.57 Å². The van der Waals surface area contributed by atoms with Gasteiger partial charge in [0.1, 0.15) is 23.2 Å². The average Bonchev–Trinajstić information content (AvgIpc) is 3.26. The molecule has 28 heavy (non-hydrogen) atoms. The van der Waals surface area contributed by atoms with E-state index in [1.807, 2.05) is 0 Å². The molecule has 3 unspecified atom stereocenters. The third kappa shape index (κ3) is 2.71. The van der Waals surface area contributed by atoms with E-state index in [9.17, 15) is 0 Å². The van der Waals surface area contributed by atoms with Gasteiger partial charge in [-0.2, -0.15) is 0 Å². The first-order valence-corrected chi connectivity index (χ1v) is 11.7. The number of para-hydroxylation sites is 1. The third-order valence-corrected chi connectivity index (χ3v) is 7.94. The molecule has 0 N–H and O–H groups in total. The second kappa shape index (κ2) is 6.60. The SMILES string of the molecule is Ic1cccc2c3c(oc12)C=C(Pc1ccc2c(c1)OC1C=CC=CC21)CC3. The Morgan fingerprint density at radius 2 is 1.96 bits per heavy atom. The highest BCUT2D eigenvalue weighted by Crippen LogP contribution is 2.43. The van der Waals surface area contributed by atoms with Crippen LogP contribution >= 0.6 is 31.2 Å². The summed E-state index contributed by atoms with van der Waals surface area (Å²) >= 11 is 2.36. The molecule has 0 spiro atoms. The lowest BCUT2D eigenvalue weighted by molar-refractivity contribution is 0.269. The van der Waals surface area contributed by atoms with Crippen LogP contribution < -0.4 is 10.0 Å². The molecule has 3 atom stereocenters. The number of hydrogen-bond donors (Lipinski definition) is 0. The number of ether oxygens (including phenoxy) is 1. The van der Waals surface area contributed by atoms with E-state index in [1.54, 1.807) is 0 Å². The van der Waals surface area contributed by atoms with Crippen molar-refractivity contribution in [3.8, 4) is 5.75 Å². The molecule has 3 aromatic rings. The summed E-state index contributed by atoms with van der Waals surface area (Å²) in [6.07, 6.45) is 13.2. The smallest absolute Gasteiger partial charge is 0.148 e. The van der Waals surface area contributed by atoms with Gasteiger partial charge in [-0.3, -0.25) is 0 Å². The Balaban J connectivity index is 1.31. The number of hydrogen-bond acceptors (Lipinski definition) is 2. The van der Waals surface area contributed by atoms with E-state index in [0.717, 1.165) is 29.9 Å². The first kappa shape index (κ1) is 17.1. The average molecular weight is 496 g/mol. The fourth-order valence-corrected chi connectivity index (χ4v) is 6.22. The van der Waals surface area contributed by atoms with Gasteiger partial charge in [-0.25, -0.2) is 0 Å². The maximum absolute atomic E-state index is 6.21. The number of aryl methyl sites for hydroxylation is 1. The lowest BCUT2D eigenvalue weighted by atomic mass is 9.92. The van der Waals surface area contributed by atoms with Crippen molar-refractivity contribution in [2.75, 3.05) is 0 Å². The Morgan fingerprint density at radius 1 is 1.04 bits per heavy atom. The van der Waals surface area contributed by atoms with Crippen molar-refractivity contribution in [2.45, 2.75) is 24.9 Å². The summed E-state index contributed by atoms with van der Waals surface area (Å²) < 4.78 is 13.6. The standard InChI is InChI=1S/C24H18IO2P/c25-20-6-3-5-19-18-11-9-15(13-23(18)27-24(19)20)28-14-8-10-17-16-4-1-2-7-21(16)26-22(17)12-14/h1-8,10,12-13,16,21,28H,9,11H2. The predicted octanol–water partition coefficient (Wildman–Crippen LogP) is 6.30. The molecule has 2 aromatic carbocycles. The molecule has 4 heteroatoms. The first-order chi connectivity index (χ1) is 13.8. The van der Waals surface area contributed by atoms with Crippen molar-refractivity contribution in [1.82, 2.24) is 0 Å². The lowest BCUT2D eigenvalue weighted by Gasteiger charge is -2.13. The van der Waals surface area contributed by atoms with Gasteiger partial charge < -0.3 is 9.15 Å². The number of halogens is 1. The summed E-state index contributed by atoms with van der Waals surface area (Å²) in [6, 6.07) is 13.2. The van der Waals surface area contributed by atoms with Crippen LogP contribution in [0.15, 0.2) is 70.4 Å². The zero-order chi connectivity index (χ0) is 18.7. The van der Waals surface area contributed by atoms with Crippen molar-refractivity contribution in [1.29, 1.82) is 0 Å². The first-order valence-electron chi connectivity index (χ1n) is 9.59. The highest BCUT2D eigenvalue weighted by Gasteiger charge is 2.32. The van der Waals surface area contributed by atoms with Gasteiger partial charge >= 0.3 is 0 Å². The number of fused-ring (bicyclic) bond motifs is 6. The van der Waals surface area contributed by atoms with Gasteiger partial charge in [0, 0.05) is 22.4 Å². The van der Waals surface area contributed by atoms with Gasteiger partial charge in [-0.05, 0) is 70.3 Å². The van der Waals surface area contributed by atoms with Gasteiger partial charge in [-0.15, -0.1) is 0 Å². The molecule has 0 saturated carbocycles. The molecule has 2 heterocycles. The molecule has 3 aliphatic rings. The molecule has 1 aliphatic heterocycles. The molecule has 138 valence electrons. The van der Waals surface area contributed by atoms with Gasteiger partial charge in [-0.1, -0.05) is 51.1 Å². The molecular weight excluding hydrogens is 478 g/mol. The molecule has 0 amide bonds. The Labute approximate surface area is 179 Å². The predicted molar refractivity (Wildman–Crippen MR) is 125 cm³/mol. The number of benzene rings is 2. The van der Waals surface area contributed by atoms with E-state index in [2.05, 4.69) is 89.4 Å². The topological polar surface area (TPSA) is 22.4 Å². The normalized spacial score (nSPS) is 22.2. The zero-order valence-electron chi connectivity index (χ0n) is 15.1. The Kier molecular flexibility index (Phi) is 4.02. The second-order valence-electron chi connectivity index (χ2n) is 7.49. The van der Waals surface area contributed by atoms with Crippen LogP contribution in [0.5, 0.6) is 5.75 Å². The zero-order valence-corrected chi connectivity index (χ0v) is 18.3. The number of allylic oxidation sites excluding steroid dienone is 3. The highest BCUT2D eigenvalue weighted by molar-refractivity contribution is 14.1. The minimum Gasteiger partial charge on any atom is -0.485 e. The van der Waals surface area contributed by atoms with Crippen molar-refractivity contribution in [3.63, 3.8) is 0 Å². The Bertz CT molecular complexity index is 1200. The summed E-state index contributed by atoms with van der Waals surface area (Å²) in [4.78, 5) is 0. The fraction of sp³-hybridized carbons (Fsp3) is 0.167. The van der Waals surface area contributed by atoms with Crippen LogP contribution in [0.2, 0.25) is 0 Å². The Hall–Kier alpha value is -1.84. The van der Waals surface area contributed by atoms with E-state index in [4.69, 9.17) is 9.15 Å². The molecule has 2 aliphatic carbocycles. The number of furan rings is 1. The molecule has 0 bridgehead atoms.